The molecule has 1 unspecified atom stereocenters. The molecule has 0 aliphatic carbocycles. The molecule has 228 valence electrons. The Morgan fingerprint density at radius 2 is 1.74 bits per heavy atom. The summed E-state index contributed by atoms with van der Waals surface area (Å²) in [6.07, 6.45) is 2.46. The van der Waals surface area contributed by atoms with Gasteiger partial charge in [0.15, 0.2) is 11.5 Å². The molecular weight excluding hydrogens is 536 g/mol. The number of hydrogen-bond acceptors (Lipinski definition) is 8. The number of likely N-dealkylation sites (tertiary alicyclic amines) is 1. The summed E-state index contributed by atoms with van der Waals surface area (Å²) < 4.78 is 22.7. The number of morpholine rings is 1. The van der Waals surface area contributed by atoms with Crippen LogP contribution in [-0.2, 0) is 14.3 Å². The van der Waals surface area contributed by atoms with Gasteiger partial charge >= 0.3 is 0 Å². The lowest BCUT2D eigenvalue weighted by Crippen LogP contribution is -2.39. The number of carbonyl (C=O) groups excluding carboxylic acids is 2. The fourth-order valence-corrected chi connectivity index (χ4v) is 5.21. The highest BCUT2D eigenvalue weighted by atomic mass is 16.5. The molecule has 2 aromatic rings. The zero-order chi connectivity index (χ0) is 30.1. The molecule has 2 fully saturated rings. The van der Waals surface area contributed by atoms with Crippen LogP contribution in [0.3, 0.4) is 0 Å². The molecule has 0 spiro atoms. The van der Waals surface area contributed by atoms with Gasteiger partial charge in [-0.3, -0.25) is 14.5 Å². The van der Waals surface area contributed by atoms with E-state index in [-0.39, 0.29) is 11.3 Å². The molecule has 4 rings (SSSR count). The zero-order valence-electron chi connectivity index (χ0n) is 25.3. The zero-order valence-corrected chi connectivity index (χ0v) is 25.3. The Balaban J connectivity index is 1.67. The van der Waals surface area contributed by atoms with E-state index in [1.807, 2.05) is 19.1 Å². The van der Waals surface area contributed by atoms with Crippen LogP contribution in [0.25, 0.3) is 5.76 Å². The van der Waals surface area contributed by atoms with Crippen LogP contribution in [0.1, 0.15) is 57.2 Å². The standard InChI is InChI=1S/C33H44N2O7/c1-5-18-41-26-10-7-24(8-11-26)31(36)29-30(25-9-12-27(28(22-25)39-4)42-19-13-23(2)3)35(33(38)32(29)37)15-6-14-34-16-20-40-21-17-34/h7-12,22-23,30,36H,5-6,13-21H2,1-4H3. The van der Waals surface area contributed by atoms with Crippen LogP contribution in [0.15, 0.2) is 48.0 Å². The van der Waals surface area contributed by atoms with Crippen molar-refractivity contribution in [2.75, 3.05) is 59.7 Å². The van der Waals surface area contributed by atoms with Crippen molar-refractivity contribution in [2.24, 2.45) is 5.92 Å². The second kappa shape index (κ2) is 15.1. The van der Waals surface area contributed by atoms with Gasteiger partial charge in [-0.2, -0.15) is 0 Å². The molecule has 9 nitrogen and oxygen atoms in total. The van der Waals surface area contributed by atoms with E-state index < -0.39 is 17.7 Å². The molecule has 0 radical (unpaired) electrons. The van der Waals surface area contributed by atoms with Gasteiger partial charge in [0, 0.05) is 31.7 Å². The maximum Gasteiger partial charge on any atom is 0.295 e. The number of aliphatic hydroxyl groups excluding tert-OH is 1. The van der Waals surface area contributed by atoms with Gasteiger partial charge in [0.05, 0.1) is 45.2 Å². The Bertz CT molecular complexity index is 1240. The number of nitrogens with zero attached hydrogens (tertiary/aromatic N) is 2. The maximum absolute atomic E-state index is 13.5. The van der Waals surface area contributed by atoms with Crippen LogP contribution >= 0.6 is 0 Å². The minimum Gasteiger partial charge on any atom is -0.507 e. The first kappa shape index (κ1) is 31.4. The molecule has 2 aliphatic rings. The molecule has 0 saturated carbocycles. The summed E-state index contributed by atoms with van der Waals surface area (Å²) in [6, 6.07) is 11.6. The topological polar surface area (TPSA) is 97.8 Å². The van der Waals surface area contributed by atoms with Crippen LogP contribution < -0.4 is 14.2 Å². The van der Waals surface area contributed by atoms with Crippen LogP contribution in [0.4, 0.5) is 0 Å². The summed E-state index contributed by atoms with van der Waals surface area (Å²) in [7, 11) is 1.57. The quantitative estimate of drug-likeness (QED) is 0.188. The summed E-state index contributed by atoms with van der Waals surface area (Å²) in [6.45, 7) is 11.6. The summed E-state index contributed by atoms with van der Waals surface area (Å²) in [5.41, 5.74) is 1.16. The van der Waals surface area contributed by atoms with E-state index >= 15 is 0 Å². The van der Waals surface area contributed by atoms with Crippen molar-refractivity contribution in [2.45, 2.75) is 46.1 Å². The number of benzene rings is 2. The van der Waals surface area contributed by atoms with E-state index in [0.717, 1.165) is 32.5 Å². The molecule has 0 aromatic heterocycles. The van der Waals surface area contributed by atoms with Crippen molar-refractivity contribution < 1.29 is 33.6 Å². The third kappa shape index (κ3) is 7.63. The number of carbonyl (C=O) groups is 2. The highest BCUT2D eigenvalue weighted by Gasteiger charge is 2.46. The summed E-state index contributed by atoms with van der Waals surface area (Å²) in [4.78, 5) is 30.8. The van der Waals surface area contributed by atoms with Crippen molar-refractivity contribution >= 4 is 17.4 Å². The molecule has 42 heavy (non-hydrogen) atoms. The highest BCUT2D eigenvalue weighted by molar-refractivity contribution is 6.46. The number of aliphatic hydroxyl groups is 1. The number of amides is 1. The minimum atomic E-state index is -0.774. The molecule has 2 aromatic carbocycles. The largest absolute Gasteiger partial charge is 0.507 e. The second-order valence-electron chi connectivity index (χ2n) is 11.1. The minimum absolute atomic E-state index is 0.0594. The van der Waals surface area contributed by atoms with Gasteiger partial charge < -0.3 is 29.0 Å². The van der Waals surface area contributed by atoms with Gasteiger partial charge in [-0.25, -0.2) is 0 Å². The van der Waals surface area contributed by atoms with E-state index in [0.29, 0.717) is 73.7 Å². The van der Waals surface area contributed by atoms with Gasteiger partial charge in [0.2, 0.25) is 0 Å². The monoisotopic (exact) mass is 580 g/mol. The van der Waals surface area contributed by atoms with Crippen molar-refractivity contribution in [3.05, 3.63) is 59.2 Å². The van der Waals surface area contributed by atoms with Crippen molar-refractivity contribution in [1.82, 2.24) is 9.80 Å². The molecule has 2 aliphatic heterocycles. The lowest BCUT2D eigenvalue weighted by atomic mass is 9.95. The lowest BCUT2D eigenvalue weighted by Gasteiger charge is -2.29. The number of ether oxygens (including phenoxy) is 4. The number of methoxy groups -OCH3 is 1. The average Bonchev–Trinajstić information content (AvgIpc) is 3.25. The Morgan fingerprint density at radius 1 is 1.00 bits per heavy atom. The number of Topliss-reactive ketones (excluding diaryl/α,β-unsaturated/α-hetero) is 1. The normalized spacial score (nSPS) is 19.0. The first-order valence-corrected chi connectivity index (χ1v) is 15.0. The van der Waals surface area contributed by atoms with E-state index in [1.54, 1.807) is 42.3 Å². The predicted octanol–water partition coefficient (Wildman–Crippen LogP) is 5.05. The van der Waals surface area contributed by atoms with Crippen molar-refractivity contribution in [3.8, 4) is 17.2 Å². The van der Waals surface area contributed by atoms with Crippen LogP contribution in [-0.4, -0.2) is 86.3 Å². The molecule has 0 bridgehead atoms. The van der Waals surface area contributed by atoms with E-state index in [9.17, 15) is 14.7 Å². The number of rotatable bonds is 14. The van der Waals surface area contributed by atoms with Gasteiger partial charge in [0.25, 0.3) is 11.7 Å². The first-order valence-electron chi connectivity index (χ1n) is 15.0. The summed E-state index contributed by atoms with van der Waals surface area (Å²) in [5, 5.41) is 11.5. The Morgan fingerprint density at radius 3 is 2.40 bits per heavy atom. The van der Waals surface area contributed by atoms with Crippen LogP contribution in [0.5, 0.6) is 17.2 Å². The fraction of sp³-hybridized carbons (Fsp3) is 0.515. The molecule has 1 atom stereocenters. The smallest absolute Gasteiger partial charge is 0.295 e. The predicted molar refractivity (Wildman–Crippen MR) is 161 cm³/mol. The van der Waals surface area contributed by atoms with Crippen LogP contribution in [0.2, 0.25) is 0 Å². The van der Waals surface area contributed by atoms with Gasteiger partial charge in [-0.15, -0.1) is 0 Å². The number of hydrogen-bond donors (Lipinski definition) is 1. The summed E-state index contributed by atoms with van der Waals surface area (Å²) in [5.74, 6) is 0.730. The van der Waals surface area contributed by atoms with Crippen molar-refractivity contribution in [3.63, 3.8) is 0 Å². The molecule has 1 amide bonds. The third-order valence-corrected chi connectivity index (χ3v) is 7.57. The van der Waals surface area contributed by atoms with E-state index in [1.165, 1.54) is 0 Å². The maximum atomic E-state index is 13.5. The molecule has 9 heteroatoms. The second-order valence-corrected chi connectivity index (χ2v) is 11.1. The third-order valence-electron chi connectivity index (χ3n) is 7.57. The SMILES string of the molecule is CCCOc1ccc(C(O)=C2C(=O)C(=O)N(CCCN3CCOCC3)C2c2ccc(OCCC(C)C)c(OC)c2)cc1. The van der Waals surface area contributed by atoms with Gasteiger partial charge in [0.1, 0.15) is 11.5 Å². The molecule has 2 heterocycles. The number of ketones is 1. The average molecular weight is 581 g/mol. The Labute approximate surface area is 249 Å². The molecule has 1 N–H and O–H groups in total. The Hall–Kier alpha value is -3.56. The van der Waals surface area contributed by atoms with E-state index in [4.69, 9.17) is 18.9 Å². The van der Waals surface area contributed by atoms with Crippen LogP contribution in [0, 0.1) is 5.92 Å². The van der Waals surface area contributed by atoms with E-state index in [2.05, 4.69) is 18.7 Å². The Kier molecular flexibility index (Phi) is 11.3. The summed E-state index contributed by atoms with van der Waals surface area (Å²) >= 11 is 0. The first-order chi connectivity index (χ1) is 20.3. The van der Waals surface area contributed by atoms with Gasteiger partial charge in [-0.05, 0) is 67.1 Å². The highest BCUT2D eigenvalue weighted by Crippen LogP contribution is 2.42. The lowest BCUT2D eigenvalue weighted by molar-refractivity contribution is -0.140. The van der Waals surface area contributed by atoms with Crippen molar-refractivity contribution in [1.29, 1.82) is 0 Å². The molecule has 2 saturated heterocycles. The molecular formula is C33H44N2O7. The van der Waals surface area contributed by atoms with Gasteiger partial charge in [-0.1, -0.05) is 26.8 Å². The fourth-order valence-electron chi connectivity index (χ4n) is 5.21.